The van der Waals surface area contributed by atoms with E-state index in [1.807, 2.05) is 13.2 Å². The van der Waals surface area contributed by atoms with E-state index >= 15 is 0 Å². The second-order valence-corrected chi connectivity index (χ2v) is 8.55. The maximum absolute atomic E-state index is 11.3. The molecule has 0 saturated carbocycles. The Balaban J connectivity index is 2.10. The van der Waals surface area contributed by atoms with E-state index in [9.17, 15) is 8.42 Å². The van der Waals surface area contributed by atoms with Crippen molar-refractivity contribution < 1.29 is 13.2 Å². The van der Waals surface area contributed by atoms with Gasteiger partial charge in [0.2, 0.25) is 0 Å². The summed E-state index contributed by atoms with van der Waals surface area (Å²) in [5.74, 6) is 0.531. The molecule has 1 aromatic carbocycles. The smallest absolute Gasteiger partial charge is 0.261 e. The van der Waals surface area contributed by atoms with Crippen LogP contribution in [0.15, 0.2) is 38.4 Å². The number of rotatable bonds is 5. The molecule has 0 N–H and O–H groups in total. The second-order valence-electron chi connectivity index (χ2n) is 4.27. The van der Waals surface area contributed by atoms with Crippen LogP contribution >= 0.6 is 42.5 Å². The predicted octanol–water partition coefficient (Wildman–Crippen LogP) is 3.49. The molecule has 0 aliphatic rings. The predicted molar refractivity (Wildman–Crippen MR) is 87.3 cm³/mol. The fraction of sp³-hybridized carbons (Fsp3) is 0.250. The van der Waals surface area contributed by atoms with Crippen LogP contribution in [0.1, 0.15) is 5.56 Å². The molecule has 0 aliphatic carbocycles. The molecule has 5 nitrogen and oxygen atoms in total. The first-order valence-electron chi connectivity index (χ1n) is 5.81. The maximum atomic E-state index is 11.3. The number of hydrogen-bond acceptors (Lipinski definition) is 4. The van der Waals surface area contributed by atoms with Crippen LogP contribution in [-0.4, -0.2) is 24.8 Å². The first kappa shape index (κ1) is 16.8. The molecular formula is C12H11Br2ClN2O3S. The van der Waals surface area contributed by atoms with Gasteiger partial charge in [0, 0.05) is 30.3 Å². The molecule has 0 unspecified atom stereocenters. The van der Waals surface area contributed by atoms with E-state index in [1.165, 1.54) is 12.1 Å². The van der Waals surface area contributed by atoms with Crippen LogP contribution in [0.4, 0.5) is 0 Å². The van der Waals surface area contributed by atoms with Gasteiger partial charge in [-0.2, -0.15) is 5.10 Å². The number of hydrogen-bond donors (Lipinski definition) is 0. The Kier molecular flexibility index (Phi) is 5.34. The summed E-state index contributed by atoms with van der Waals surface area (Å²) in [7, 11) is 3.39. The third-order valence-electron chi connectivity index (χ3n) is 2.65. The van der Waals surface area contributed by atoms with Crippen LogP contribution in [0, 0.1) is 0 Å². The molecule has 0 aliphatic heterocycles. The van der Waals surface area contributed by atoms with Gasteiger partial charge in [0.1, 0.15) is 5.75 Å². The van der Waals surface area contributed by atoms with Crippen molar-refractivity contribution >= 4 is 51.6 Å². The van der Waals surface area contributed by atoms with Gasteiger partial charge >= 0.3 is 0 Å². The van der Waals surface area contributed by atoms with Gasteiger partial charge in [-0.15, -0.1) is 0 Å². The second kappa shape index (κ2) is 6.68. The van der Waals surface area contributed by atoms with Crippen LogP contribution in [0.25, 0.3) is 0 Å². The lowest BCUT2D eigenvalue weighted by Gasteiger charge is -2.11. The summed E-state index contributed by atoms with van der Waals surface area (Å²) in [5, 5.41) is 4.08. The quantitative estimate of drug-likeness (QED) is 0.644. The zero-order valence-electron chi connectivity index (χ0n) is 10.9. The van der Waals surface area contributed by atoms with Gasteiger partial charge in [0.15, 0.2) is 0 Å². The number of ether oxygens (including phenoxy) is 1. The van der Waals surface area contributed by atoms with E-state index in [2.05, 4.69) is 37.0 Å². The Labute approximate surface area is 143 Å². The monoisotopic (exact) mass is 456 g/mol. The zero-order chi connectivity index (χ0) is 15.6. The van der Waals surface area contributed by atoms with Crippen LogP contribution in [0.2, 0.25) is 0 Å². The highest BCUT2D eigenvalue weighted by Gasteiger charge is 2.16. The number of halogens is 3. The number of aryl methyl sites for hydroxylation is 1. The molecule has 9 heteroatoms. The molecule has 114 valence electrons. The van der Waals surface area contributed by atoms with Gasteiger partial charge in [-0.3, -0.25) is 4.68 Å². The van der Waals surface area contributed by atoms with Crippen molar-refractivity contribution in [2.75, 3.05) is 6.61 Å². The Morgan fingerprint density at radius 1 is 1.33 bits per heavy atom. The summed E-state index contributed by atoms with van der Waals surface area (Å²) in [5.41, 5.74) is 1.06. The lowest BCUT2D eigenvalue weighted by Crippen LogP contribution is -2.03. The van der Waals surface area contributed by atoms with Gasteiger partial charge in [-0.1, -0.05) is 0 Å². The van der Waals surface area contributed by atoms with Crippen molar-refractivity contribution in [3.8, 4) is 5.75 Å². The van der Waals surface area contributed by atoms with E-state index in [0.717, 1.165) is 5.56 Å². The largest absolute Gasteiger partial charge is 0.491 e. The maximum Gasteiger partial charge on any atom is 0.261 e. The van der Waals surface area contributed by atoms with Crippen molar-refractivity contribution in [1.29, 1.82) is 0 Å². The summed E-state index contributed by atoms with van der Waals surface area (Å²) >= 11 is 6.57. The minimum Gasteiger partial charge on any atom is -0.491 e. The van der Waals surface area contributed by atoms with E-state index in [1.54, 1.807) is 10.9 Å². The minimum atomic E-state index is -3.78. The zero-order valence-corrected chi connectivity index (χ0v) is 15.6. The van der Waals surface area contributed by atoms with Crippen molar-refractivity contribution in [2.45, 2.75) is 11.3 Å². The molecule has 21 heavy (non-hydrogen) atoms. The normalized spacial score (nSPS) is 11.6. The Bertz CT molecular complexity index is 739. The lowest BCUT2D eigenvalue weighted by atomic mass is 10.3. The summed E-state index contributed by atoms with van der Waals surface area (Å²) < 4.78 is 31.1. The van der Waals surface area contributed by atoms with Gasteiger partial charge in [0.05, 0.1) is 26.6 Å². The summed E-state index contributed by atoms with van der Waals surface area (Å²) in [6, 6.07) is 2.82. The summed E-state index contributed by atoms with van der Waals surface area (Å²) in [6.07, 6.45) is 4.38. The molecule has 1 heterocycles. The SMILES string of the molecule is Cn1cc(CCOc2c(Br)cc(S(=O)(=O)Cl)cc2Br)cn1. The van der Waals surface area contributed by atoms with Crippen LogP contribution in [0.5, 0.6) is 5.75 Å². The number of aromatic nitrogens is 2. The lowest BCUT2D eigenvalue weighted by molar-refractivity contribution is 0.317. The fourth-order valence-electron chi connectivity index (χ4n) is 1.69. The van der Waals surface area contributed by atoms with E-state index < -0.39 is 9.05 Å². The molecule has 0 radical (unpaired) electrons. The molecule has 0 saturated heterocycles. The summed E-state index contributed by atoms with van der Waals surface area (Å²) in [4.78, 5) is 0.00234. The van der Waals surface area contributed by atoms with Crippen LogP contribution in [0.3, 0.4) is 0 Å². The average molecular weight is 459 g/mol. The third kappa shape index (κ3) is 4.45. The number of benzene rings is 1. The van der Waals surface area contributed by atoms with Crippen molar-refractivity contribution in [1.82, 2.24) is 9.78 Å². The van der Waals surface area contributed by atoms with Gasteiger partial charge < -0.3 is 4.74 Å². The summed E-state index contributed by atoms with van der Waals surface area (Å²) in [6.45, 7) is 0.440. The first-order chi connectivity index (χ1) is 9.77. The van der Waals surface area contributed by atoms with Crippen LogP contribution in [-0.2, 0) is 22.5 Å². The molecule has 2 aromatic rings. The minimum absolute atomic E-state index is 0.00234. The fourth-order valence-corrected chi connectivity index (χ4v) is 4.19. The topological polar surface area (TPSA) is 61.2 Å². The molecule has 0 spiro atoms. The Morgan fingerprint density at radius 2 is 1.95 bits per heavy atom. The van der Waals surface area contributed by atoms with Crippen molar-refractivity contribution in [2.24, 2.45) is 7.05 Å². The van der Waals surface area contributed by atoms with Gasteiger partial charge in [-0.25, -0.2) is 8.42 Å². The third-order valence-corrected chi connectivity index (χ3v) is 5.16. The van der Waals surface area contributed by atoms with E-state index in [4.69, 9.17) is 15.4 Å². The highest BCUT2D eigenvalue weighted by Crippen LogP contribution is 2.36. The first-order valence-corrected chi connectivity index (χ1v) is 9.71. The molecule has 0 atom stereocenters. The molecule has 0 amide bonds. The van der Waals surface area contributed by atoms with Crippen molar-refractivity contribution in [3.63, 3.8) is 0 Å². The van der Waals surface area contributed by atoms with Gasteiger partial charge in [0.25, 0.3) is 9.05 Å². The Morgan fingerprint density at radius 3 is 2.43 bits per heavy atom. The average Bonchev–Trinajstić information content (AvgIpc) is 2.77. The molecular weight excluding hydrogens is 447 g/mol. The van der Waals surface area contributed by atoms with Crippen molar-refractivity contribution in [3.05, 3.63) is 39.0 Å². The highest BCUT2D eigenvalue weighted by atomic mass is 79.9. The molecule has 1 aromatic heterocycles. The molecule has 2 rings (SSSR count). The van der Waals surface area contributed by atoms with E-state index in [-0.39, 0.29) is 4.90 Å². The van der Waals surface area contributed by atoms with Gasteiger partial charge in [-0.05, 0) is 49.6 Å². The van der Waals surface area contributed by atoms with E-state index in [0.29, 0.717) is 27.7 Å². The molecule has 0 bridgehead atoms. The highest BCUT2D eigenvalue weighted by molar-refractivity contribution is 9.11. The molecule has 0 fully saturated rings. The Hall–Kier alpha value is -0.570. The number of nitrogens with zero attached hydrogens (tertiary/aromatic N) is 2. The van der Waals surface area contributed by atoms with Crippen LogP contribution < -0.4 is 4.74 Å². The standard InChI is InChI=1S/C12H11Br2ClN2O3S/c1-17-7-8(6-16-17)2-3-20-12-10(13)4-9(5-11(12)14)21(15,18)19/h4-7H,2-3H2,1H3.